The quantitative estimate of drug-likeness (QED) is 0.469. The molecular formula is C13H18NO5P. The molecule has 1 unspecified atom stereocenters. The van der Waals surface area contributed by atoms with E-state index in [1.807, 2.05) is 0 Å². The van der Waals surface area contributed by atoms with E-state index >= 15 is 0 Å². The van der Waals surface area contributed by atoms with Gasteiger partial charge in [-0.15, -0.1) is 0 Å². The van der Waals surface area contributed by atoms with Crippen molar-refractivity contribution in [2.75, 3.05) is 11.9 Å². The lowest BCUT2D eigenvalue weighted by Gasteiger charge is -2.25. The van der Waals surface area contributed by atoms with Gasteiger partial charge in [-0.25, -0.2) is 0 Å². The maximum Gasteiger partial charge on any atom is 0.361 e. The minimum Gasteiger partial charge on any atom is -0.378 e. The molecule has 0 amide bonds. The highest BCUT2D eigenvalue weighted by Gasteiger charge is 2.42. The minimum absolute atomic E-state index is 0.0246. The Bertz CT molecular complexity index is 576. The molecule has 0 bridgehead atoms. The molecule has 0 aliphatic rings. The molecule has 7 heteroatoms. The number of rotatable bonds is 6. The second-order valence-electron chi connectivity index (χ2n) is 4.70. The number of carbonyl (C=O) groups excluding carboxylic acids is 1. The van der Waals surface area contributed by atoms with Gasteiger partial charge in [-0.1, -0.05) is 18.7 Å². The monoisotopic (exact) mass is 299 g/mol. The van der Waals surface area contributed by atoms with Crippen LogP contribution in [0.5, 0.6) is 0 Å². The number of anilines is 1. The lowest BCUT2D eigenvalue weighted by molar-refractivity contribution is -0.113. The van der Waals surface area contributed by atoms with E-state index in [-0.39, 0.29) is 17.9 Å². The Kier molecular flexibility index (Phi) is 4.89. The SMILES string of the molecule is C=C(C)C(=O)CNc1cccc(C(C)(O)P(=O)(O)O)c1. The molecule has 0 spiro atoms. The van der Waals surface area contributed by atoms with E-state index in [9.17, 15) is 14.5 Å². The number of aliphatic hydroxyl groups is 1. The standard InChI is InChI=1S/C13H18NO5P/c1-9(2)12(15)8-14-11-6-4-5-10(7-11)13(3,16)20(17,18)19/h4-7,14,16H,1,8H2,2-3H3,(H2,17,18,19). The highest BCUT2D eigenvalue weighted by atomic mass is 31.2. The Morgan fingerprint density at radius 3 is 2.55 bits per heavy atom. The lowest BCUT2D eigenvalue weighted by atomic mass is 10.1. The molecule has 0 aromatic heterocycles. The number of carbonyl (C=O) groups is 1. The van der Waals surface area contributed by atoms with Gasteiger partial charge in [-0.3, -0.25) is 9.36 Å². The van der Waals surface area contributed by atoms with Crippen LogP contribution in [0.2, 0.25) is 0 Å². The summed E-state index contributed by atoms with van der Waals surface area (Å²) in [6.45, 7) is 6.19. The molecule has 1 aromatic rings. The fourth-order valence-electron chi connectivity index (χ4n) is 1.43. The molecule has 0 radical (unpaired) electrons. The maximum atomic E-state index is 11.4. The molecule has 0 saturated heterocycles. The van der Waals surface area contributed by atoms with Crippen molar-refractivity contribution in [2.24, 2.45) is 0 Å². The summed E-state index contributed by atoms with van der Waals surface area (Å²) in [5.74, 6) is -0.169. The van der Waals surface area contributed by atoms with E-state index in [0.29, 0.717) is 11.3 Å². The fraction of sp³-hybridized carbons (Fsp3) is 0.308. The van der Waals surface area contributed by atoms with Gasteiger partial charge >= 0.3 is 7.60 Å². The van der Waals surface area contributed by atoms with Gasteiger partial charge in [0.25, 0.3) is 0 Å². The second-order valence-corrected chi connectivity index (χ2v) is 6.66. The van der Waals surface area contributed by atoms with Crippen LogP contribution in [-0.4, -0.2) is 27.2 Å². The van der Waals surface area contributed by atoms with Crippen LogP contribution in [0.3, 0.4) is 0 Å². The molecule has 20 heavy (non-hydrogen) atoms. The van der Waals surface area contributed by atoms with E-state index in [2.05, 4.69) is 11.9 Å². The lowest BCUT2D eigenvalue weighted by Crippen LogP contribution is -2.21. The van der Waals surface area contributed by atoms with Gasteiger partial charge in [0.05, 0.1) is 6.54 Å². The molecule has 0 aliphatic carbocycles. The number of Topliss-reactive ketones (excluding diaryl/α,β-unsaturated/α-hetero) is 1. The van der Waals surface area contributed by atoms with Crippen molar-refractivity contribution in [2.45, 2.75) is 19.2 Å². The number of hydrogen-bond donors (Lipinski definition) is 4. The van der Waals surface area contributed by atoms with Gasteiger partial charge in [0.15, 0.2) is 11.1 Å². The van der Waals surface area contributed by atoms with Gasteiger partial charge in [-0.2, -0.15) is 0 Å². The first-order valence-corrected chi connectivity index (χ1v) is 7.48. The Morgan fingerprint density at radius 1 is 1.45 bits per heavy atom. The van der Waals surface area contributed by atoms with Crippen LogP contribution in [0.25, 0.3) is 0 Å². The van der Waals surface area contributed by atoms with Crippen molar-refractivity contribution in [3.8, 4) is 0 Å². The van der Waals surface area contributed by atoms with Crippen molar-refractivity contribution in [3.05, 3.63) is 42.0 Å². The highest BCUT2D eigenvalue weighted by Crippen LogP contribution is 2.54. The van der Waals surface area contributed by atoms with E-state index < -0.39 is 12.9 Å². The van der Waals surface area contributed by atoms with Crippen LogP contribution in [0, 0.1) is 0 Å². The Morgan fingerprint density at radius 2 is 2.05 bits per heavy atom. The van der Waals surface area contributed by atoms with Crippen LogP contribution in [0.15, 0.2) is 36.4 Å². The van der Waals surface area contributed by atoms with Gasteiger partial charge in [0.2, 0.25) is 0 Å². The molecule has 6 nitrogen and oxygen atoms in total. The summed E-state index contributed by atoms with van der Waals surface area (Å²) in [6.07, 6.45) is 0. The van der Waals surface area contributed by atoms with Crippen LogP contribution in [-0.2, 0) is 14.7 Å². The van der Waals surface area contributed by atoms with Crippen molar-refractivity contribution in [1.82, 2.24) is 0 Å². The maximum absolute atomic E-state index is 11.4. The molecule has 1 rings (SSSR count). The molecule has 0 fully saturated rings. The summed E-state index contributed by atoms with van der Waals surface area (Å²) in [7, 11) is -4.72. The Balaban J connectivity index is 2.95. The normalized spacial score (nSPS) is 14.4. The summed E-state index contributed by atoms with van der Waals surface area (Å²) in [6, 6.07) is 5.97. The molecule has 1 aromatic carbocycles. The summed E-state index contributed by atoms with van der Waals surface area (Å²) >= 11 is 0. The molecule has 0 heterocycles. The van der Waals surface area contributed by atoms with Gasteiger partial charge in [0, 0.05) is 5.69 Å². The van der Waals surface area contributed by atoms with Gasteiger partial charge < -0.3 is 20.2 Å². The molecule has 0 saturated carbocycles. The third kappa shape index (κ3) is 3.77. The predicted octanol–water partition coefficient (Wildman–Crippen LogP) is 1.59. The highest BCUT2D eigenvalue weighted by molar-refractivity contribution is 7.52. The first-order valence-electron chi connectivity index (χ1n) is 5.87. The molecule has 0 aliphatic heterocycles. The zero-order valence-electron chi connectivity index (χ0n) is 11.3. The third-order valence-electron chi connectivity index (χ3n) is 2.91. The van der Waals surface area contributed by atoms with Gasteiger partial charge in [-0.05, 0) is 37.1 Å². The summed E-state index contributed by atoms with van der Waals surface area (Å²) < 4.78 is 11.3. The molecule has 110 valence electrons. The van der Waals surface area contributed by atoms with Crippen molar-refractivity contribution in [3.63, 3.8) is 0 Å². The summed E-state index contributed by atoms with van der Waals surface area (Å²) in [5.41, 5.74) is 0.959. The van der Waals surface area contributed by atoms with Crippen LogP contribution >= 0.6 is 7.60 Å². The average Bonchev–Trinajstić information content (AvgIpc) is 2.34. The molecule has 1 atom stereocenters. The molecular weight excluding hydrogens is 281 g/mol. The first-order chi connectivity index (χ1) is 9.05. The van der Waals surface area contributed by atoms with Crippen LogP contribution < -0.4 is 5.32 Å². The molecule has 4 N–H and O–H groups in total. The topological polar surface area (TPSA) is 107 Å². The summed E-state index contributed by atoms with van der Waals surface area (Å²) in [5, 5.41) is 10.5. The zero-order chi connectivity index (χ0) is 15.6. The fourth-order valence-corrected chi connectivity index (χ4v) is 1.90. The smallest absolute Gasteiger partial charge is 0.361 e. The number of hydrogen-bond acceptors (Lipinski definition) is 4. The van der Waals surface area contributed by atoms with Crippen molar-refractivity contribution < 1.29 is 24.3 Å². The third-order valence-corrected chi connectivity index (χ3v) is 4.30. The number of nitrogens with one attached hydrogen (secondary N) is 1. The van der Waals surface area contributed by atoms with Crippen LogP contribution in [0.1, 0.15) is 19.4 Å². The van der Waals surface area contributed by atoms with Crippen molar-refractivity contribution >= 4 is 19.1 Å². The van der Waals surface area contributed by atoms with Crippen LogP contribution in [0.4, 0.5) is 5.69 Å². The minimum atomic E-state index is -4.72. The van der Waals surface area contributed by atoms with E-state index in [1.165, 1.54) is 18.2 Å². The predicted molar refractivity (Wildman–Crippen MR) is 76.4 cm³/mol. The van der Waals surface area contributed by atoms with Gasteiger partial charge in [0.1, 0.15) is 0 Å². The second kappa shape index (κ2) is 5.89. The number of benzene rings is 1. The Hall–Kier alpha value is -1.46. The van der Waals surface area contributed by atoms with E-state index in [1.54, 1.807) is 13.0 Å². The zero-order valence-corrected chi connectivity index (χ0v) is 12.2. The van der Waals surface area contributed by atoms with E-state index in [0.717, 1.165) is 6.92 Å². The summed E-state index contributed by atoms with van der Waals surface area (Å²) in [4.78, 5) is 29.7. The van der Waals surface area contributed by atoms with Crippen molar-refractivity contribution in [1.29, 1.82) is 0 Å². The largest absolute Gasteiger partial charge is 0.378 e. The van der Waals surface area contributed by atoms with E-state index in [4.69, 9.17) is 9.79 Å². The first kappa shape index (κ1) is 16.6. The number of ketones is 1. The average molecular weight is 299 g/mol. The Labute approximate surface area is 117 Å².